The normalized spacial score (nSPS) is 15.5. The third-order valence-electron chi connectivity index (χ3n) is 6.66. The van der Waals surface area contributed by atoms with Crippen molar-refractivity contribution in [2.75, 3.05) is 72.0 Å². The molecule has 0 aromatic carbocycles. The van der Waals surface area contributed by atoms with Gasteiger partial charge < -0.3 is 15.1 Å². The fraction of sp³-hybridized carbons (Fsp3) is 1.00. The van der Waals surface area contributed by atoms with Crippen molar-refractivity contribution < 1.29 is 0 Å². The monoisotopic (exact) mass is 424 g/mol. The van der Waals surface area contributed by atoms with Gasteiger partial charge in [-0.05, 0) is 38.9 Å². The average molecular weight is 425 g/mol. The third-order valence-corrected chi connectivity index (χ3v) is 6.66. The Morgan fingerprint density at radius 2 is 0.967 bits per heavy atom. The van der Waals surface area contributed by atoms with Crippen LogP contribution in [0.15, 0.2) is 0 Å². The van der Waals surface area contributed by atoms with Crippen LogP contribution in [0.25, 0.3) is 0 Å². The fourth-order valence-corrected chi connectivity index (χ4v) is 4.46. The van der Waals surface area contributed by atoms with E-state index in [9.17, 15) is 0 Å². The molecule has 0 bridgehead atoms. The van der Waals surface area contributed by atoms with Crippen molar-refractivity contribution in [3.05, 3.63) is 0 Å². The lowest BCUT2D eigenvalue weighted by Gasteiger charge is -2.32. The van der Waals surface area contributed by atoms with E-state index in [1.54, 1.807) is 0 Å². The summed E-state index contributed by atoms with van der Waals surface area (Å²) in [6.07, 6.45) is 16.6. The zero-order chi connectivity index (χ0) is 21.7. The van der Waals surface area contributed by atoms with E-state index in [-0.39, 0.29) is 0 Å². The molecule has 0 spiro atoms. The van der Waals surface area contributed by atoms with Crippen molar-refractivity contribution >= 4 is 0 Å². The molecule has 1 aliphatic rings. The van der Waals surface area contributed by atoms with Crippen molar-refractivity contribution in [3.8, 4) is 0 Å². The van der Waals surface area contributed by atoms with Gasteiger partial charge in [0.25, 0.3) is 0 Å². The summed E-state index contributed by atoms with van der Waals surface area (Å²) < 4.78 is 0. The minimum Gasteiger partial charge on any atom is -0.314 e. The lowest BCUT2D eigenvalue weighted by atomic mass is 10.1. The Bertz CT molecular complexity index is 332. The van der Waals surface area contributed by atoms with E-state index in [2.05, 4.69) is 40.8 Å². The molecule has 1 fully saturated rings. The first kappa shape index (κ1) is 27.9. The molecule has 0 aliphatic carbocycles. The summed E-state index contributed by atoms with van der Waals surface area (Å²) in [4.78, 5) is 8.22. The van der Waals surface area contributed by atoms with Gasteiger partial charge in [-0.1, -0.05) is 78.6 Å². The van der Waals surface area contributed by atoms with E-state index >= 15 is 0 Å². The summed E-state index contributed by atoms with van der Waals surface area (Å²) in [6, 6.07) is 0. The molecule has 1 N–H and O–H groups in total. The third kappa shape index (κ3) is 15.6. The second-order valence-corrected chi connectivity index (χ2v) is 9.46. The Labute approximate surface area is 190 Å². The highest BCUT2D eigenvalue weighted by Gasteiger charge is 2.13. The SMILES string of the molecule is CCCCCCN(CCCCCC)CCN(CCCCCC)CCN1CCNCC1. The van der Waals surface area contributed by atoms with Gasteiger partial charge in [0, 0.05) is 52.4 Å². The largest absolute Gasteiger partial charge is 0.314 e. The van der Waals surface area contributed by atoms with Crippen LogP contribution in [-0.2, 0) is 0 Å². The maximum Gasteiger partial charge on any atom is 0.0110 e. The molecule has 0 saturated carbocycles. The molecule has 1 saturated heterocycles. The molecule has 1 rings (SSSR count). The molecule has 0 radical (unpaired) electrons. The highest BCUT2D eigenvalue weighted by Crippen LogP contribution is 2.07. The lowest BCUT2D eigenvalue weighted by Crippen LogP contribution is -2.47. The van der Waals surface area contributed by atoms with Crippen LogP contribution in [0, 0.1) is 0 Å². The van der Waals surface area contributed by atoms with Crippen molar-refractivity contribution in [2.24, 2.45) is 0 Å². The average Bonchev–Trinajstić information content (AvgIpc) is 2.78. The van der Waals surface area contributed by atoms with Crippen LogP contribution in [-0.4, -0.2) is 86.7 Å². The number of hydrogen-bond acceptors (Lipinski definition) is 4. The van der Waals surface area contributed by atoms with Gasteiger partial charge in [0.1, 0.15) is 0 Å². The first-order valence-corrected chi connectivity index (χ1v) is 13.7. The van der Waals surface area contributed by atoms with Gasteiger partial charge >= 0.3 is 0 Å². The Morgan fingerprint density at radius 3 is 1.40 bits per heavy atom. The summed E-state index contributed by atoms with van der Waals surface area (Å²) in [5.41, 5.74) is 0. The molecular formula is C26H56N4. The van der Waals surface area contributed by atoms with E-state index in [4.69, 9.17) is 0 Å². The van der Waals surface area contributed by atoms with E-state index in [1.165, 1.54) is 149 Å². The van der Waals surface area contributed by atoms with Crippen LogP contribution in [0.3, 0.4) is 0 Å². The van der Waals surface area contributed by atoms with Gasteiger partial charge in [0.15, 0.2) is 0 Å². The molecule has 4 nitrogen and oxygen atoms in total. The van der Waals surface area contributed by atoms with Crippen LogP contribution in [0.4, 0.5) is 0 Å². The van der Waals surface area contributed by atoms with Crippen molar-refractivity contribution in [1.29, 1.82) is 0 Å². The second kappa shape index (κ2) is 20.7. The van der Waals surface area contributed by atoms with E-state index < -0.39 is 0 Å². The second-order valence-electron chi connectivity index (χ2n) is 9.46. The van der Waals surface area contributed by atoms with Crippen molar-refractivity contribution in [1.82, 2.24) is 20.0 Å². The number of hydrogen-bond donors (Lipinski definition) is 1. The van der Waals surface area contributed by atoms with Crippen LogP contribution in [0.1, 0.15) is 97.8 Å². The predicted octanol–water partition coefficient (Wildman–Crippen LogP) is 5.24. The number of piperazine rings is 1. The lowest BCUT2D eigenvalue weighted by molar-refractivity contribution is 0.163. The smallest absolute Gasteiger partial charge is 0.0110 e. The molecule has 0 aromatic heterocycles. The number of nitrogens with one attached hydrogen (secondary N) is 1. The van der Waals surface area contributed by atoms with E-state index in [0.717, 1.165) is 0 Å². The Morgan fingerprint density at radius 1 is 0.533 bits per heavy atom. The van der Waals surface area contributed by atoms with Crippen LogP contribution < -0.4 is 5.32 Å². The van der Waals surface area contributed by atoms with Crippen LogP contribution >= 0.6 is 0 Å². The molecule has 0 unspecified atom stereocenters. The Balaban J connectivity index is 2.42. The number of rotatable bonds is 21. The Kier molecular flexibility index (Phi) is 19.3. The molecule has 4 heteroatoms. The zero-order valence-corrected chi connectivity index (χ0v) is 21.1. The number of nitrogens with zero attached hydrogens (tertiary/aromatic N) is 3. The summed E-state index contributed by atoms with van der Waals surface area (Å²) in [7, 11) is 0. The summed E-state index contributed by atoms with van der Waals surface area (Å²) >= 11 is 0. The summed E-state index contributed by atoms with van der Waals surface area (Å²) in [5.74, 6) is 0. The predicted molar refractivity (Wildman–Crippen MR) is 135 cm³/mol. The van der Waals surface area contributed by atoms with Gasteiger partial charge in [-0.15, -0.1) is 0 Å². The van der Waals surface area contributed by atoms with Gasteiger partial charge in [0.05, 0.1) is 0 Å². The van der Waals surface area contributed by atoms with Crippen LogP contribution in [0.2, 0.25) is 0 Å². The maximum absolute atomic E-state index is 3.49. The molecule has 30 heavy (non-hydrogen) atoms. The standard InChI is InChI=1S/C26H56N4/c1-4-7-10-13-18-28(19-14-11-8-5-2)23-24-29(20-15-12-9-6-3)25-26-30-21-16-27-17-22-30/h27H,4-26H2,1-3H3. The quantitative estimate of drug-likeness (QED) is 0.254. The fourth-order valence-electron chi connectivity index (χ4n) is 4.46. The molecule has 0 atom stereocenters. The first-order chi connectivity index (χ1) is 14.8. The van der Waals surface area contributed by atoms with E-state index in [0.29, 0.717) is 0 Å². The molecule has 0 aromatic rings. The maximum atomic E-state index is 3.49. The first-order valence-electron chi connectivity index (χ1n) is 13.7. The molecule has 1 heterocycles. The van der Waals surface area contributed by atoms with Gasteiger partial charge in [-0.2, -0.15) is 0 Å². The van der Waals surface area contributed by atoms with Gasteiger partial charge in [-0.3, -0.25) is 4.90 Å². The molecule has 180 valence electrons. The minimum atomic E-state index is 1.17. The number of unbranched alkanes of at least 4 members (excludes halogenated alkanes) is 9. The van der Waals surface area contributed by atoms with Gasteiger partial charge in [-0.25, -0.2) is 0 Å². The molecule has 1 aliphatic heterocycles. The van der Waals surface area contributed by atoms with Crippen molar-refractivity contribution in [3.63, 3.8) is 0 Å². The van der Waals surface area contributed by atoms with Gasteiger partial charge in [0.2, 0.25) is 0 Å². The Hall–Kier alpha value is -0.160. The molecule has 0 amide bonds. The van der Waals surface area contributed by atoms with Crippen molar-refractivity contribution in [2.45, 2.75) is 97.8 Å². The topological polar surface area (TPSA) is 21.8 Å². The summed E-state index contributed by atoms with van der Waals surface area (Å²) in [6.45, 7) is 20.7. The molecular weight excluding hydrogens is 368 g/mol. The highest BCUT2D eigenvalue weighted by atomic mass is 15.2. The minimum absolute atomic E-state index is 1.17. The van der Waals surface area contributed by atoms with Crippen LogP contribution in [0.5, 0.6) is 0 Å². The summed E-state index contributed by atoms with van der Waals surface area (Å²) in [5, 5.41) is 3.49. The highest BCUT2D eigenvalue weighted by molar-refractivity contribution is 4.71. The van der Waals surface area contributed by atoms with E-state index in [1.807, 2.05) is 0 Å². The zero-order valence-electron chi connectivity index (χ0n) is 21.1.